The molecule has 1 fully saturated rings. The Morgan fingerprint density at radius 1 is 0.750 bits per heavy atom. The predicted octanol–water partition coefficient (Wildman–Crippen LogP) is 9.55. The van der Waals surface area contributed by atoms with Gasteiger partial charge in [0, 0.05) is 30.0 Å². The molecule has 1 aliphatic rings. The summed E-state index contributed by atoms with van der Waals surface area (Å²) in [5.41, 5.74) is 6.93. The van der Waals surface area contributed by atoms with Crippen LogP contribution in [0.3, 0.4) is 0 Å². The molecular formula is C40H64N3O+. The molecule has 4 heteroatoms. The molecule has 0 saturated heterocycles. The summed E-state index contributed by atoms with van der Waals surface area (Å²) in [6.45, 7) is 28.2. The molecule has 2 atom stereocenters. The van der Waals surface area contributed by atoms with Crippen LogP contribution in [0.5, 0.6) is 5.75 Å². The summed E-state index contributed by atoms with van der Waals surface area (Å²) in [4.78, 5) is 10.3. The third-order valence-electron chi connectivity index (χ3n) is 9.90. The molecule has 244 valence electrons. The molecule has 2 unspecified atom stereocenters. The highest BCUT2D eigenvalue weighted by Crippen LogP contribution is 2.37. The van der Waals surface area contributed by atoms with Crippen molar-refractivity contribution in [2.75, 3.05) is 26.7 Å². The lowest BCUT2D eigenvalue weighted by Crippen LogP contribution is -2.44. The van der Waals surface area contributed by atoms with Gasteiger partial charge in [0.25, 0.3) is 0 Å². The summed E-state index contributed by atoms with van der Waals surface area (Å²) in [7, 11) is 2.37. The third kappa shape index (κ3) is 9.77. The van der Waals surface area contributed by atoms with Crippen LogP contribution in [0.2, 0.25) is 0 Å². The first-order chi connectivity index (χ1) is 20.4. The van der Waals surface area contributed by atoms with Crippen molar-refractivity contribution in [3.8, 4) is 5.75 Å². The van der Waals surface area contributed by atoms with Crippen molar-refractivity contribution in [3.63, 3.8) is 0 Å². The van der Waals surface area contributed by atoms with Crippen LogP contribution < -0.4 is 0 Å². The fourth-order valence-corrected chi connectivity index (χ4v) is 6.13. The van der Waals surface area contributed by atoms with Gasteiger partial charge in [-0.25, -0.2) is 0 Å². The van der Waals surface area contributed by atoms with Gasteiger partial charge in [-0.05, 0) is 83.7 Å². The predicted molar refractivity (Wildman–Crippen MR) is 192 cm³/mol. The van der Waals surface area contributed by atoms with Crippen LogP contribution in [0.25, 0.3) is 0 Å². The Morgan fingerprint density at radius 2 is 1.30 bits per heavy atom. The van der Waals surface area contributed by atoms with Crippen LogP contribution in [0.1, 0.15) is 142 Å². The molecule has 0 bridgehead atoms. The maximum atomic E-state index is 11.3. The van der Waals surface area contributed by atoms with Crippen molar-refractivity contribution >= 4 is 12.4 Å². The lowest BCUT2D eigenvalue weighted by atomic mass is 9.79. The number of phenols is 1. The van der Waals surface area contributed by atoms with Crippen molar-refractivity contribution in [1.82, 2.24) is 0 Å². The van der Waals surface area contributed by atoms with Crippen molar-refractivity contribution < 1.29 is 9.59 Å². The molecule has 0 heterocycles. The summed E-state index contributed by atoms with van der Waals surface area (Å²) in [6, 6.07) is 11.7. The molecule has 0 aromatic heterocycles. The Bertz CT molecular complexity index is 1300. The van der Waals surface area contributed by atoms with Gasteiger partial charge in [-0.3, -0.25) is 9.98 Å². The number of aliphatic imine (C=N–C) groups is 2. The number of quaternary nitrogens is 1. The molecule has 1 saturated carbocycles. The second-order valence-corrected chi connectivity index (χ2v) is 16.7. The number of aromatic hydroxyl groups is 1. The second-order valence-electron chi connectivity index (χ2n) is 16.7. The topological polar surface area (TPSA) is 45.0 Å². The van der Waals surface area contributed by atoms with Crippen molar-refractivity contribution in [1.29, 1.82) is 0 Å². The largest absolute Gasteiger partial charge is 0.507 e. The summed E-state index contributed by atoms with van der Waals surface area (Å²) in [5.74, 6) is 0.355. The van der Waals surface area contributed by atoms with Gasteiger partial charge in [0.2, 0.25) is 0 Å². The molecule has 0 radical (unpaired) electrons. The smallest absolute Gasteiger partial charge is 0.128 e. The average molecular weight is 603 g/mol. The Morgan fingerprint density at radius 3 is 1.82 bits per heavy atom. The van der Waals surface area contributed by atoms with Gasteiger partial charge >= 0.3 is 0 Å². The average Bonchev–Trinajstić information content (AvgIpc) is 2.94. The zero-order valence-corrected chi connectivity index (χ0v) is 30.3. The van der Waals surface area contributed by atoms with E-state index in [1.807, 2.05) is 6.21 Å². The fraction of sp³-hybridized carbons (Fsp3) is 0.650. The molecule has 44 heavy (non-hydrogen) atoms. The zero-order chi connectivity index (χ0) is 32.9. The summed E-state index contributed by atoms with van der Waals surface area (Å²) >= 11 is 0. The maximum Gasteiger partial charge on any atom is 0.128 e. The highest BCUT2D eigenvalue weighted by atomic mass is 16.3. The monoisotopic (exact) mass is 603 g/mol. The van der Waals surface area contributed by atoms with Crippen molar-refractivity contribution in [2.45, 2.75) is 143 Å². The quantitative estimate of drug-likeness (QED) is 0.214. The third-order valence-corrected chi connectivity index (χ3v) is 9.90. The van der Waals surface area contributed by atoms with E-state index in [-0.39, 0.29) is 28.3 Å². The molecule has 2 aromatic carbocycles. The number of nitrogens with zero attached hydrogens (tertiary/aromatic N) is 3. The molecule has 1 N–H and O–H groups in total. The number of rotatable bonds is 10. The van der Waals surface area contributed by atoms with Gasteiger partial charge in [-0.2, -0.15) is 0 Å². The van der Waals surface area contributed by atoms with E-state index in [1.54, 1.807) is 0 Å². The molecule has 4 nitrogen and oxygen atoms in total. The standard InChI is InChI=1S/C40H63N3O/c1-13-43(12,14-2)21-17-18-29-22-30(24-32(23-29)38(3,4)5)27-41-35-19-15-16-20-36(35)42-28-31-25-33(39(6,7)8)26-34(37(31)44)40(9,10)11/h22-28,35-36H,13-21H2,1-12H3/p+1. The van der Waals surface area contributed by atoms with Crippen LogP contribution in [0.15, 0.2) is 40.3 Å². The number of hydrogen-bond donors (Lipinski definition) is 1. The molecule has 0 amide bonds. The van der Waals surface area contributed by atoms with Crippen LogP contribution >= 0.6 is 0 Å². The van der Waals surface area contributed by atoms with Gasteiger partial charge in [0.15, 0.2) is 0 Å². The minimum absolute atomic E-state index is 0.0147. The van der Waals surface area contributed by atoms with Gasteiger partial charge in [-0.1, -0.05) is 93.4 Å². The number of phenolic OH excluding ortho intramolecular Hbond substituents is 1. The minimum atomic E-state index is -0.156. The number of aryl methyl sites for hydroxylation is 1. The van der Waals surface area contributed by atoms with Crippen molar-refractivity contribution in [3.05, 3.63) is 63.7 Å². The Balaban J connectivity index is 1.88. The lowest BCUT2D eigenvalue weighted by molar-refractivity contribution is -0.906. The van der Waals surface area contributed by atoms with E-state index in [0.717, 1.165) is 34.9 Å². The van der Waals surface area contributed by atoms with E-state index < -0.39 is 0 Å². The molecule has 0 aliphatic heterocycles. The van der Waals surface area contributed by atoms with Crippen molar-refractivity contribution in [2.24, 2.45) is 9.98 Å². The Kier molecular flexibility index (Phi) is 11.7. The zero-order valence-electron chi connectivity index (χ0n) is 30.3. The highest BCUT2D eigenvalue weighted by Gasteiger charge is 2.26. The first-order valence-corrected chi connectivity index (χ1v) is 17.3. The molecule has 1 aliphatic carbocycles. The first kappa shape index (κ1) is 36.0. The normalized spacial score (nSPS) is 18.9. The molecular weight excluding hydrogens is 538 g/mol. The second kappa shape index (κ2) is 14.3. The Labute approximate surface area is 270 Å². The number of hydrogen-bond acceptors (Lipinski definition) is 3. The highest BCUT2D eigenvalue weighted by molar-refractivity contribution is 5.85. The van der Waals surface area contributed by atoms with Crippen LogP contribution in [0.4, 0.5) is 0 Å². The molecule has 3 rings (SSSR count). The van der Waals surface area contributed by atoms with Crippen LogP contribution in [-0.4, -0.2) is 60.8 Å². The molecule has 0 spiro atoms. The van der Waals surface area contributed by atoms with Gasteiger partial charge in [0.1, 0.15) is 5.75 Å². The summed E-state index contributed by atoms with van der Waals surface area (Å²) in [5, 5.41) is 11.3. The lowest BCUT2D eigenvalue weighted by Gasteiger charge is -2.32. The summed E-state index contributed by atoms with van der Waals surface area (Å²) in [6.07, 6.45) is 10.8. The number of benzene rings is 2. The van der Waals surface area contributed by atoms with E-state index in [2.05, 4.69) is 120 Å². The SMILES string of the molecule is CC[N+](C)(CC)CCCc1cc(C=NC2CCCCC2N=Cc2cc(C(C)(C)C)cc(C(C)(C)C)c2O)cc(C(C)(C)C)c1. The fourth-order valence-electron chi connectivity index (χ4n) is 6.13. The van der Waals surface area contributed by atoms with E-state index in [0.29, 0.717) is 5.75 Å². The Hall–Kier alpha value is -2.46. The van der Waals surface area contributed by atoms with Gasteiger partial charge < -0.3 is 9.59 Å². The van der Waals surface area contributed by atoms with E-state index in [4.69, 9.17) is 9.98 Å². The molecule has 2 aromatic rings. The van der Waals surface area contributed by atoms with E-state index in [1.165, 1.54) is 61.2 Å². The van der Waals surface area contributed by atoms with Gasteiger partial charge in [-0.15, -0.1) is 0 Å². The van der Waals surface area contributed by atoms with E-state index in [9.17, 15) is 5.11 Å². The minimum Gasteiger partial charge on any atom is -0.507 e. The van der Waals surface area contributed by atoms with E-state index >= 15 is 0 Å². The maximum absolute atomic E-state index is 11.3. The van der Waals surface area contributed by atoms with Gasteiger partial charge in [0.05, 0.1) is 38.8 Å². The van der Waals surface area contributed by atoms with Crippen LogP contribution in [-0.2, 0) is 22.7 Å². The van der Waals surface area contributed by atoms with Crippen LogP contribution in [0, 0.1) is 0 Å². The first-order valence-electron chi connectivity index (χ1n) is 17.3. The summed E-state index contributed by atoms with van der Waals surface area (Å²) < 4.78 is 1.13.